The predicted octanol–water partition coefficient (Wildman–Crippen LogP) is 0.693. The fourth-order valence-electron chi connectivity index (χ4n) is 1.87. The van der Waals surface area contributed by atoms with E-state index in [1.807, 2.05) is 13.2 Å². The summed E-state index contributed by atoms with van der Waals surface area (Å²) in [5.41, 5.74) is 0.940. The zero-order chi connectivity index (χ0) is 11.4. The SMILES string of the molecule is Cn1cc(CNC2(CCl)CCOCC2)nn1. The molecule has 90 valence electrons. The molecular weight excluding hydrogens is 228 g/mol. The number of ether oxygens (including phenoxy) is 1. The van der Waals surface area contributed by atoms with Crippen molar-refractivity contribution in [2.24, 2.45) is 7.05 Å². The lowest BCUT2D eigenvalue weighted by molar-refractivity contribution is 0.0458. The second-order valence-electron chi connectivity index (χ2n) is 4.26. The summed E-state index contributed by atoms with van der Waals surface area (Å²) in [6.45, 7) is 2.26. The van der Waals surface area contributed by atoms with Gasteiger partial charge in [0.15, 0.2) is 0 Å². The fraction of sp³-hybridized carbons (Fsp3) is 0.800. The van der Waals surface area contributed by atoms with Crippen LogP contribution in [0, 0.1) is 0 Å². The highest BCUT2D eigenvalue weighted by molar-refractivity contribution is 6.18. The van der Waals surface area contributed by atoms with Gasteiger partial charge in [-0.15, -0.1) is 16.7 Å². The van der Waals surface area contributed by atoms with Crippen LogP contribution in [-0.2, 0) is 18.3 Å². The summed E-state index contributed by atoms with van der Waals surface area (Å²) in [4.78, 5) is 0. The number of hydrogen-bond acceptors (Lipinski definition) is 4. The first-order valence-corrected chi connectivity index (χ1v) is 6.01. The first-order chi connectivity index (χ1) is 7.74. The number of alkyl halides is 1. The minimum absolute atomic E-state index is 0.00265. The van der Waals surface area contributed by atoms with E-state index >= 15 is 0 Å². The molecule has 2 rings (SSSR count). The smallest absolute Gasteiger partial charge is 0.0964 e. The van der Waals surface area contributed by atoms with Crippen LogP contribution in [0.4, 0.5) is 0 Å². The Labute approximate surface area is 100 Å². The van der Waals surface area contributed by atoms with Gasteiger partial charge in [0.2, 0.25) is 0 Å². The number of aromatic nitrogens is 3. The monoisotopic (exact) mass is 244 g/mol. The Balaban J connectivity index is 1.91. The van der Waals surface area contributed by atoms with Crippen molar-refractivity contribution in [1.82, 2.24) is 20.3 Å². The van der Waals surface area contributed by atoms with Crippen molar-refractivity contribution >= 4 is 11.6 Å². The number of nitrogens with one attached hydrogen (secondary N) is 1. The lowest BCUT2D eigenvalue weighted by Crippen LogP contribution is -2.50. The van der Waals surface area contributed by atoms with Crippen molar-refractivity contribution < 1.29 is 4.74 Å². The van der Waals surface area contributed by atoms with Crippen molar-refractivity contribution in [1.29, 1.82) is 0 Å². The van der Waals surface area contributed by atoms with Gasteiger partial charge in [0.05, 0.1) is 5.69 Å². The van der Waals surface area contributed by atoms with Gasteiger partial charge in [-0.2, -0.15) is 0 Å². The van der Waals surface area contributed by atoms with Crippen LogP contribution in [0.1, 0.15) is 18.5 Å². The summed E-state index contributed by atoms with van der Waals surface area (Å²) in [6, 6.07) is 0. The van der Waals surface area contributed by atoms with E-state index in [4.69, 9.17) is 16.3 Å². The van der Waals surface area contributed by atoms with Crippen molar-refractivity contribution in [3.8, 4) is 0 Å². The molecule has 0 aliphatic carbocycles. The Bertz CT molecular complexity index is 335. The molecule has 6 heteroatoms. The summed E-state index contributed by atoms with van der Waals surface area (Å²) in [5, 5.41) is 11.4. The number of rotatable bonds is 4. The van der Waals surface area contributed by atoms with Gasteiger partial charge in [-0.25, -0.2) is 0 Å². The third kappa shape index (κ3) is 2.72. The molecule has 5 nitrogen and oxygen atoms in total. The molecule has 0 spiro atoms. The highest BCUT2D eigenvalue weighted by Gasteiger charge is 2.31. The van der Waals surface area contributed by atoms with Crippen LogP contribution in [-0.4, -0.2) is 39.6 Å². The maximum Gasteiger partial charge on any atom is 0.0964 e. The number of aryl methyl sites for hydroxylation is 1. The molecule has 1 saturated heterocycles. The van der Waals surface area contributed by atoms with Crippen LogP contribution in [0.25, 0.3) is 0 Å². The van der Waals surface area contributed by atoms with Crippen molar-refractivity contribution in [3.63, 3.8) is 0 Å². The summed E-state index contributed by atoms with van der Waals surface area (Å²) in [7, 11) is 1.86. The summed E-state index contributed by atoms with van der Waals surface area (Å²) in [5.74, 6) is 0.608. The maximum absolute atomic E-state index is 6.05. The number of nitrogens with zero attached hydrogens (tertiary/aromatic N) is 3. The Kier molecular flexibility index (Phi) is 3.78. The molecule has 1 aromatic rings. The fourth-order valence-corrected chi connectivity index (χ4v) is 2.24. The first kappa shape index (κ1) is 11.8. The van der Waals surface area contributed by atoms with E-state index < -0.39 is 0 Å². The highest BCUT2D eigenvalue weighted by atomic mass is 35.5. The lowest BCUT2D eigenvalue weighted by atomic mass is 9.92. The van der Waals surface area contributed by atoms with Gasteiger partial charge in [0.1, 0.15) is 0 Å². The molecule has 1 N–H and O–H groups in total. The molecular formula is C10H17ClN4O. The van der Waals surface area contributed by atoms with Gasteiger partial charge in [0, 0.05) is 44.4 Å². The minimum atomic E-state index is -0.00265. The molecule has 1 aliphatic rings. The molecule has 0 bridgehead atoms. The Morgan fingerprint density at radius 1 is 1.56 bits per heavy atom. The van der Waals surface area contributed by atoms with Crippen molar-refractivity contribution in [3.05, 3.63) is 11.9 Å². The summed E-state index contributed by atoms with van der Waals surface area (Å²) < 4.78 is 7.05. The molecule has 1 aromatic heterocycles. The van der Waals surface area contributed by atoms with Crippen LogP contribution >= 0.6 is 11.6 Å². The van der Waals surface area contributed by atoms with Gasteiger partial charge in [0.25, 0.3) is 0 Å². The molecule has 0 amide bonds. The highest BCUT2D eigenvalue weighted by Crippen LogP contribution is 2.22. The second-order valence-corrected chi connectivity index (χ2v) is 4.53. The van der Waals surface area contributed by atoms with Gasteiger partial charge >= 0.3 is 0 Å². The zero-order valence-electron chi connectivity index (χ0n) is 9.45. The number of halogens is 1. The van der Waals surface area contributed by atoms with Crippen LogP contribution in [0.5, 0.6) is 0 Å². The first-order valence-electron chi connectivity index (χ1n) is 5.48. The van der Waals surface area contributed by atoms with Crippen LogP contribution < -0.4 is 5.32 Å². The third-order valence-electron chi connectivity index (χ3n) is 3.00. The molecule has 1 fully saturated rings. The Hall–Kier alpha value is -0.650. The molecule has 0 saturated carbocycles. The molecule has 1 aliphatic heterocycles. The Morgan fingerprint density at radius 3 is 2.88 bits per heavy atom. The molecule has 0 radical (unpaired) electrons. The zero-order valence-corrected chi connectivity index (χ0v) is 10.2. The summed E-state index contributed by atoms with van der Waals surface area (Å²) in [6.07, 6.45) is 3.82. The normalized spacial score (nSPS) is 19.9. The molecule has 0 atom stereocenters. The predicted molar refractivity (Wildman–Crippen MR) is 61.3 cm³/mol. The maximum atomic E-state index is 6.05. The Morgan fingerprint density at radius 2 is 2.31 bits per heavy atom. The molecule has 0 aromatic carbocycles. The van der Waals surface area contributed by atoms with E-state index in [1.165, 1.54) is 0 Å². The molecule has 2 heterocycles. The van der Waals surface area contributed by atoms with Gasteiger partial charge in [-0.05, 0) is 12.8 Å². The van der Waals surface area contributed by atoms with Crippen molar-refractivity contribution in [2.75, 3.05) is 19.1 Å². The lowest BCUT2D eigenvalue weighted by Gasteiger charge is -2.36. The third-order valence-corrected chi connectivity index (χ3v) is 3.51. The largest absolute Gasteiger partial charge is 0.381 e. The molecule has 0 unspecified atom stereocenters. The number of hydrogen-bond donors (Lipinski definition) is 1. The van der Waals surface area contributed by atoms with Crippen LogP contribution in [0.2, 0.25) is 0 Å². The topological polar surface area (TPSA) is 52.0 Å². The minimum Gasteiger partial charge on any atom is -0.381 e. The second kappa shape index (κ2) is 5.12. The standard InChI is InChI=1S/C10H17ClN4O/c1-15-7-9(13-14-15)6-12-10(8-11)2-4-16-5-3-10/h7,12H,2-6,8H2,1H3. The van der Waals surface area contributed by atoms with E-state index in [-0.39, 0.29) is 5.54 Å². The van der Waals surface area contributed by atoms with Gasteiger partial charge < -0.3 is 10.1 Å². The van der Waals surface area contributed by atoms with Gasteiger partial charge in [-0.1, -0.05) is 5.21 Å². The van der Waals surface area contributed by atoms with Crippen molar-refractivity contribution in [2.45, 2.75) is 24.9 Å². The van der Waals surface area contributed by atoms with E-state index in [2.05, 4.69) is 15.6 Å². The van der Waals surface area contributed by atoms with E-state index in [9.17, 15) is 0 Å². The molecule has 16 heavy (non-hydrogen) atoms. The van der Waals surface area contributed by atoms with Gasteiger partial charge in [-0.3, -0.25) is 4.68 Å². The van der Waals surface area contributed by atoms with E-state index in [1.54, 1.807) is 4.68 Å². The van der Waals surface area contributed by atoms with E-state index in [0.29, 0.717) is 12.4 Å². The van der Waals surface area contributed by atoms with Crippen LogP contribution in [0.15, 0.2) is 6.20 Å². The quantitative estimate of drug-likeness (QED) is 0.792. The van der Waals surface area contributed by atoms with E-state index in [0.717, 1.165) is 31.7 Å². The average molecular weight is 245 g/mol. The average Bonchev–Trinajstić information content (AvgIpc) is 2.74. The summed E-state index contributed by atoms with van der Waals surface area (Å²) >= 11 is 6.05. The van der Waals surface area contributed by atoms with Crippen LogP contribution in [0.3, 0.4) is 0 Å².